The van der Waals surface area contributed by atoms with Gasteiger partial charge in [-0.3, -0.25) is 19.4 Å². The SMILES string of the molecule is O=C1CSC(=O)N1CCCCN1CCN(c2ccccc2OCC(F)(F)F)CC1. The first-order chi connectivity index (χ1) is 13.8. The largest absolute Gasteiger partial charge is 0.482 e. The number of rotatable bonds is 8. The van der Waals surface area contributed by atoms with Gasteiger partial charge in [-0.15, -0.1) is 0 Å². The van der Waals surface area contributed by atoms with E-state index in [0.29, 0.717) is 25.3 Å². The maximum absolute atomic E-state index is 12.5. The van der Waals surface area contributed by atoms with Crippen LogP contribution >= 0.6 is 11.8 Å². The second kappa shape index (κ2) is 9.71. The molecule has 3 rings (SSSR count). The number of anilines is 1. The third-order valence-corrected chi connectivity index (χ3v) is 5.77. The molecule has 2 fully saturated rings. The van der Waals surface area contributed by atoms with Crippen molar-refractivity contribution >= 4 is 28.6 Å². The van der Waals surface area contributed by atoms with Gasteiger partial charge in [0.15, 0.2) is 6.61 Å². The van der Waals surface area contributed by atoms with Gasteiger partial charge in [0.25, 0.3) is 5.24 Å². The van der Waals surface area contributed by atoms with Crippen molar-refractivity contribution in [3.63, 3.8) is 0 Å². The average molecular weight is 431 g/mol. The summed E-state index contributed by atoms with van der Waals surface area (Å²) in [6, 6.07) is 6.80. The number of para-hydroxylation sites is 2. The smallest absolute Gasteiger partial charge is 0.422 e. The van der Waals surface area contributed by atoms with Crippen LogP contribution in [0, 0.1) is 0 Å². The lowest BCUT2D eigenvalue weighted by Crippen LogP contribution is -2.46. The van der Waals surface area contributed by atoms with Crippen LogP contribution in [0.5, 0.6) is 5.75 Å². The Hall–Kier alpha value is -1.94. The molecule has 1 aromatic rings. The van der Waals surface area contributed by atoms with E-state index in [2.05, 4.69) is 4.90 Å². The highest BCUT2D eigenvalue weighted by molar-refractivity contribution is 8.14. The van der Waals surface area contributed by atoms with Gasteiger partial charge in [-0.1, -0.05) is 23.9 Å². The van der Waals surface area contributed by atoms with Crippen molar-refractivity contribution < 1.29 is 27.5 Å². The highest BCUT2D eigenvalue weighted by Crippen LogP contribution is 2.30. The Labute approximate surface area is 171 Å². The minimum Gasteiger partial charge on any atom is -0.482 e. The first-order valence-electron chi connectivity index (χ1n) is 9.56. The number of benzene rings is 1. The van der Waals surface area contributed by atoms with Gasteiger partial charge >= 0.3 is 6.18 Å². The third kappa shape index (κ3) is 6.27. The number of hydrogen-bond donors (Lipinski definition) is 0. The zero-order valence-corrected chi connectivity index (χ0v) is 16.8. The van der Waals surface area contributed by atoms with Crippen LogP contribution in [0.25, 0.3) is 0 Å². The predicted molar refractivity (Wildman–Crippen MR) is 105 cm³/mol. The number of halogens is 3. The number of amides is 2. The molecular formula is C19H24F3N3O3S. The van der Waals surface area contributed by atoms with Crippen molar-refractivity contribution in [1.82, 2.24) is 9.80 Å². The molecule has 0 radical (unpaired) electrons. The number of ether oxygens (including phenoxy) is 1. The summed E-state index contributed by atoms with van der Waals surface area (Å²) in [6.45, 7) is 3.02. The predicted octanol–water partition coefficient (Wildman–Crippen LogP) is 3.23. The summed E-state index contributed by atoms with van der Waals surface area (Å²) in [5, 5.41) is -0.157. The van der Waals surface area contributed by atoms with Gasteiger partial charge in [0.05, 0.1) is 11.4 Å². The fourth-order valence-corrected chi connectivity index (χ4v) is 4.17. The van der Waals surface area contributed by atoms with Crippen molar-refractivity contribution in [2.75, 3.05) is 56.5 Å². The van der Waals surface area contributed by atoms with Crippen LogP contribution in [0.2, 0.25) is 0 Å². The molecule has 10 heteroatoms. The lowest BCUT2D eigenvalue weighted by molar-refractivity contribution is -0.153. The standard InChI is InChI=1S/C19H24F3N3O3S/c20-19(21,22)14-28-16-6-2-1-5-15(16)24-11-9-23(10-12-24)7-3-4-8-25-17(26)13-29-18(25)27/h1-2,5-6H,3-4,7-14H2. The zero-order valence-electron chi connectivity index (χ0n) is 16.0. The number of piperazine rings is 1. The maximum atomic E-state index is 12.5. The lowest BCUT2D eigenvalue weighted by Gasteiger charge is -2.36. The van der Waals surface area contributed by atoms with E-state index in [1.54, 1.807) is 24.3 Å². The van der Waals surface area contributed by atoms with E-state index in [9.17, 15) is 22.8 Å². The third-order valence-electron chi connectivity index (χ3n) is 4.92. The summed E-state index contributed by atoms with van der Waals surface area (Å²) in [5.41, 5.74) is 0.681. The van der Waals surface area contributed by atoms with Crippen LogP contribution in [0.3, 0.4) is 0 Å². The van der Waals surface area contributed by atoms with Crippen LogP contribution < -0.4 is 9.64 Å². The van der Waals surface area contributed by atoms with E-state index in [1.807, 2.05) is 4.90 Å². The second-order valence-electron chi connectivity index (χ2n) is 7.01. The minimum atomic E-state index is -4.37. The molecule has 0 unspecified atom stereocenters. The van der Waals surface area contributed by atoms with Gasteiger partial charge in [0, 0.05) is 32.7 Å². The van der Waals surface area contributed by atoms with E-state index < -0.39 is 12.8 Å². The first-order valence-corrected chi connectivity index (χ1v) is 10.5. The van der Waals surface area contributed by atoms with Crippen LogP contribution in [0.1, 0.15) is 12.8 Å². The molecule has 29 heavy (non-hydrogen) atoms. The first kappa shape index (κ1) is 21.8. The summed E-state index contributed by atoms with van der Waals surface area (Å²) in [5.74, 6) is 0.380. The molecule has 0 atom stereocenters. The topological polar surface area (TPSA) is 53.1 Å². The van der Waals surface area contributed by atoms with Crippen LogP contribution in [0.15, 0.2) is 24.3 Å². The number of imide groups is 1. The second-order valence-corrected chi connectivity index (χ2v) is 7.93. The Balaban J connectivity index is 1.41. The van der Waals surface area contributed by atoms with Gasteiger partial charge in [0.1, 0.15) is 5.75 Å². The summed E-state index contributed by atoms with van der Waals surface area (Å²) < 4.78 is 42.4. The summed E-state index contributed by atoms with van der Waals surface area (Å²) >= 11 is 1.05. The van der Waals surface area contributed by atoms with Crippen molar-refractivity contribution in [3.05, 3.63) is 24.3 Å². The van der Waals surface area contributed by atoms with E-state index in [-0.39, 0.29) is 22.6 Å². The number of alkyl halides is 3. The quantitative estimate of drug-likeness (QED) is 0.589. The van der Waals surface area contributed by atoms with Crippen LogP contribution in [0.4, 0.5) is 23.7 Å². The summed E-state index contributed by atoms with van der Waals surface area (Å²) in [7, 11) is 0. The molecule has 0 aliphatic carbocycles. The summed E-state index contributed by atoms with van der Waals surface area (Å²) in [4.78, 5) is 28.8. The molecule has 0 bridgehead atoms. The molecule has 2 saturated heterocycles. The maximum Gasteiger partial charge on any atom is 0.422 e. The van der Waals surface area contributed by atoms with Crippen molar-refractivity contribution in [1.29, 1.82) is 0 Å². The van der Waals surface area contributed by atoms with Crippen molar-refractivity contribution in [3.8, 4) is 5.75 Å². The van der Waals surface area contributed by atoms with E-state index in [4.69, 9.17) is 4.74 Å². The highest BCUT2D eigenvalue weighted by Gasteiger charge is 2.30. The molecule has 2 aliphatic rings. The number of hydrogen-bond acceptors (Lipinski definition) is 6. The molecule has 1 aromatic carbocycles. The molecule has 0 aromatic heterocycles. The van der Waals surface area contributed by atoms with E-state index >= 15 is 0 Å². The lowest BCUT2D eigenvalue weighted by atomic mass is 10.2. The molecule has 0 N–H and O–H groups in total. The fraction of sp³-hybridized carbons (Fsp3) is 0.579. The summed E-state index contributed by atoms with van der Waals surface area (Å²) in [6.07, 6.45) is -2.71. The van der Waals surface area contributed by atoms with Crippen LogP contribution in [-0.4, -0.2) is 78.8 Å². The molecule has 0 spiro atoms. The Kier molecular flexibility index (Phi) is 7.28. The van der Waals surface area contributed by atoms with E-state index in [0.717, 1.165) is 44.2 Å². The Bertz CT molecular complexity index is 708. The number of carbonyl (C=O) groups is 2. The molecule has 6 nitrogen and oxygen atoms in total. The van der Waals surface area contributed by atoms with Crippen molar-refractivity contribution in [2.24, 2.45) is 0 Å². The molecule has 2 heterocycles. The molecule has 2 aliphatic heterocycles. The molecule has 0 saturated carbocycles. The van der Waals surface area contributed by atoms with Gasteiger partial charge in [-0.25, -0.2) is 0 Å². The molecule has 160 valence electrons. The highest BCUT2D eigenvalue weighted by atomic mass is 32.2. The average Bonchev–Trinajstić information content (AvgIpc) is 3.02. The van der Waals surface area contributed by atoms with Gasteiger partial charge in [-0.05, 0) is 31.5 Å². The van der Waals surface area contributed by atoms with Gasteiger partial charge in [0.2, 0.25) is 5.91 Å². The minimum absolute atomic E-state index is 0.111. The normalized spacial score (nSPS) is 18.6. The molecule has 2 amide bonds. The molecular weight excluding hydrogens is 407 g/mol. The fourth-order valence-electron chi connectivity index (χ4n) is 3.41. The number of nitrogens with zero attached hydrogens (tertiary/aromatic N) is 3. The number of thioether (sulfide) groups is 1. The van der Waals surface area contributed by atoms with Crippen LogP contribution in [-0.2, 0) is 4.79 Å². The Morgan fingerprint density at radius 3 is 2.34 bits per heavy atom. The Morgan fingerprint density at radius 1 is 1.00 bits per heavy atom. The number of carbonyl (C=O) groups excluding carboxylic acids is 2. The van der Waals surface area contributed by atoms with E-state index in [1.165, 1.54) is 4.90 Å². The van der Waals surface area contributed by atoms with Crippen molar-refractivity contribution in [2.45, 2.75) is 19.0 Å². The zero-order chi connectivity index (χ0) is 20.9. The van der Waals surface area contributed by atoms with Gasteiger partial charge in [-0.2, -0.15) is 13.2 Å². The Morgan fingerprint density at radius 2 is 1.69 bits per heavy atom. The van der Waals surface area contributed by atoms with Gasteiger partial charge < -0.3 is 9.64 Å². The number of unbranched alkanes of at least 4 members (excludes halogenated alkanes) is 1. The monoisotopic (exact) mass is 431 g/mol.